The smallest absolute Gasteiger partial charge is 0.325 e. The predicted molar refractivity (Wildman–Crippen MR) is 139 cm³/mol. The first-order valence-corrected chi connectivity index (χ1v) is 13.8. The van der Waals surface area contributed by atoms with Crippen LogP contribution in [-0.4, -0.2) is 59.4 Å². The predicted octanol–water partition coefficient (Wildman–Crippen LogP) is 5.28. The molecule has 2 aromatic rings. The van der Waals surface area contributed by atoms with Gasteiger partial charge in [0.05, 0.1) is 12.2 Å². The van der Waals surface area contributed by atoms with E-state index in [2.05, 4.69) is 16.4 Å². The highest BCUT2D eigenvalue weighted by Crippen LogP contribution is 2.36. The van der Waals surface area contributed by atoms with Crippen molar-refractivity contribution in [1.82, 2.24) is 9.88 Å². The molecule has 1 aromatic carbocycles. The normalized spacial score (nSPS) is 24.8. The fourth-order valence-corrected chi connectivity index (χ4v) is 6.00. The van der Waals surface area contributed by atoms with Crippen molar-refractivity contribution >= 4 is 11.8 Å². The maximum Gasteiger partial charge on any atom is 0.325 e. The summed E-state index contributed by atoms with van der Waals surface area (Å²) >= 11 is 0. The summed E-state index contributed by atoms with van der Waals surface area (Å²) < 4.78 is 26.3. The number of pyridine rings is 1. The van der Waals surface area contributed by atoms with E-state index in [1.807, 2.05) is 17.2 Å². The molecule has 200 valence electrons. The lowest BCUT2D eigenvalue weighted by molar-refractivity contribution is -0.143. The number of aromatic nitrogens is 1. The molecule has 2 N–H and O–H groups in total. The van der Waals surface area contributed by atoms with Crippen molar-refractivity contribution in [2.75, 3.05) is 31.6 Å². The molecule has 3 aliphatic rings. The summed E-state index contributed by atoms with van der Waals surface area (Å²) in [5.74, 6) is -0.357. The number of aryl methyl sites for hydroxylation is 1. The molecule has 4 atom stereocenters. The van der Waals surface area contributed by atoms with E-state index in [9.17, 15) is 14.3 Å². The van der Waals surface area contributed by atoms with Crippen LogP contribution < -0.4 is 5.32 Å². The van der Waals surface area contributed by atoms with Crippen LogP contribution in [0.25, 0.3) is 0 Å². The molecule has 1 aromatic heterocycles. The molecular formula is C29H38FN3O4. The van der Waals surface area contributed by atoms with Gasteiger partial charge in [0.15, 0.2) is 0 Å². The molecule has 8 heteroatoms. The Balaban J connectivity index is 1.11. The van der Waals surface area contributed by atoms with Crippen molar-refractivity contribution in [2.24, 2.45) is 0 Å². The van der Waals surface area contributed by atoms with E-state index in [0.29, 0.717) is 37.9 Å². The van der Waals surface area contributed by atoms with Crippen LogP contribution in [0.15, 0.2) is 36.5 Å². The van der Waals surface area contributed by atoms with Gasteiger partial charge in [-0.05, 0) is 92.7 Å². The molecule has 2 fully saturated rings. The summed E-state index contributed by atoms with van der Waals surface area (Å²) in [5, 5.41) is 13.7. The number of nitrogens with one attached hydrogen (secondary N) is 1. The number of carboxylic acid groups (broad SMARTS) is 1. The summed E-state index contributed by atoms with van der Waals surface area (Å²) in [6.07, 6.45) is 10.6. The van der Waals surface area contributed by atoms with Gasteiger partial charge in [0, 0.05) is 38.5 Å². The number of rotatable bonds is 10. The average molecular weight is 512 g/mol. The third-order valence-electron chi connectivity index (χ3n) is 7.94. The maximum atomic E-state index is 14.3. The quantitative estimate of drug-likeness (QED) is 0.420. The van der Waals surface area contributed by atoms with Crippen molar-refractivity contribution < 1.29 is 23.8 Å². The topological polar surface area (TPSA) is 83.9 Å². The number of aliphatic carboxylic acids is 1. The number of nitrogens with zero attached hydrogens (tertiary/aromatic N) is 2. The molecule has 7 nitrogen and oxygen atoms in total. The first-order chi connectivity index (χ1) is 18.1. The number of halogens is 1. The number of fused-ring (bicyclic) bond motifs is 1. The Labute approximate surface area is 218 Å². The molecule has 0 saturated carbocycles. The second-order valence-electron chi connectivity index (χ2n) is 10.5. The van der Waals surface area contributed by atoms with Gasteiger partial charge in [-0.1, -0.05) is 12.1 Å². The summed E-state index contributed by atoms with van der Waals surface area (Å²) in [7, 11) is 0. The monoisotopic (exact) mass is 511 g/mol. The second kappa shape index (κ2) is 12.3. The fraction of sp³-hybridized carbons (Fsp3) is 0.586. The lowest BCUT2D eigenvalue weighted by atomic mass is 9.92. The van der Waals surface area contributed by atoms with Crippen LogP contribution in [0.4, 0.5) is 10.2 Å². The average Bonchev–Trinajstić information content (AvgIpc) is 3.37. The number of hydrogen-bond acceptors (Lipinski definition) is 6. The number of benzene rings is 1. The third-order valence-corrected chi connectivity index (χ3v) is 7.94. The largest absolute Gasteiger partial charge is 0.480 e. The zero-order valence-electron chi connectivity index (χ0n) is 21.4. The minimum absolute atomic E-state index is 0.00586. The summed E-state index contributed by atoms with van der Waals surface area (Å²) in [4.78, 5) is 18.8. The van der Waals surface area contributed by atoms with Crippen LogP contribution >= 0.6 is 0 Å². The van der Waals surface area contributed by atoms with E-state index < -0.39 is 17.8 Å². The van der Waals surface area contributed by atoms with E-state index in [1.54, 1.807) is 6.07 Å². The molecule has 0 radical (unpaired) electrons. The SMILES string of the molecule is O=C(O)[C@@H](c1cc(F)ccc1[C@@H]1CCCCO1)N1CC[C@@H](OCCCC[C@H]2CCc3cccnc3N2)C1. The van der Waals surface area contributed by atoms with Gasteiger partial charge in [-0.15, -0.1) is 0 Å². The lowest BCUT2D eigenvalue weighted by Gasteiger charge is -2.30. The molecular weight excluding hydrogens is 473 g/mol. The Bertz CT molecular complexity index is 1060. The number of carboxylic acids is 1. The molecule has 0 unspecified atom stereocenters. The van der Waals surface area contributed by atoms with Gasteiger partial charge >= 0.3 is 5.97 Å². The Morgan fingerprint density at radius 1 is 1.24 bits per heavy atom. The van der Waals surface area contributed by atoms with Crippen LogP contribution in [0, 0.1) is 5.82 Å². The Morgan fingerprint density at radius 2 is 2.16 bits per heavy atom. The zero-order valence-corrected chi connectivity index (χ0v) is 21.4. The number of ether oxygens (including phenoxy) is 2. The highest BCUT2D eigenvalue weighted by molar-refractivity contribution is 5.76. The second-order valence-corrected chi connectivity index (χ2v) is 10.5. The van der Waals surface area contributed by atoms with Crippen LogP contribution in [0.1, 0.15) is 80.2 Å². The number of unbranched alkanes of at least 4 members (excludes halogenated alkanes) is 1. The van der Waals surface area contributed by atoms with Gasteiger partial charge in [0.25, 0.3) is 0 Å². The zero-order chi connectivity index (χ0) is 25.6. The third kappa shape index (κ3) is 6.48. The van der Waals surface area contributed by atoms with Gasteiger partial charge in [0.2, 0.25) is 0 Å². The first kappa shape index (κ1) is 26.1. The summed E-state index contributed by atoms with van der Waals surface area (Å²) in [6, 6.07) is 8.17. The van der Waals surface area contributed by atoms with E-state index in [4.69, 9.17) is 9.47 Å². The highest BCUT2D eigenvalue weighted by Gasteiger charge is 2.36. The van der Waals surface area contributed by atoms with Crippen LogP contribution in [0.2, 0.25) is 0 Å². The maximum absolute atomic E-state index is 14.3. The van der Waals surface area contributed by atoms with Gasteiger partial charge < -0.3 is 19.9 Å². The summed E-state index contributed by atoms with van der Waals surface area (Å²) in [6.45, 7) is 2.46. The standard InChI is InChI=1S/C29H38FN3O4/c30-21-10-12-24(26-8-2-4-17-37-26)25(18-21)27(29(34)35)33-15-13-23(19-33)36-16-3-1-7-22-11-9-20-6-5-14-31-28(20)32-22/h5-6,10,12,14,18,22-23,26-27H,1-4,7-9,11,13,15-17,19H2,(H,31,32)(H,34,35)/t22-,23+,26-,27+/m0/s1. The molecule has 4 heterocycles. The molecule has 0 spiro atoms. The highest BCUT2D eigenvalue weighted by atomic mass is 19.1. The van der Waals surface area contributed by atoms with Gasteiger partial charge in [-0.2, -0.15) is 0 Å². The van der Waals surface area contributed by atoms with Crippen molar-refractivity contribution in [3.05, 3.63) is 59.0 Å². The Morgan fingerprint density at radius 3 is 3.00 bits per heavy atom. The fourth-order valence-electron chi connectivity index (χ4n) is 6.00. The van der Waals surface area contributed by atoms with Crippen molar-refractivity contribution in [3.63, 3.8) is 0 Å². The molecule has 0 amide bonds. The number of anilines is 1. The Kier molecular flexibility index (Phi) is 8.69. The first-order valence-electron chi connectivity index (χ1n) is 13.8. The minimum Gasteiger partial charge on any atom is -0.480 e. The Hall–Kier alpha value is -2.55. The molecule has 0 bridgehead atoms. The number of carbonyl (C=O) groups is 1. The van der Waals surface area contributed by atoms with E-state index in [-0.39, 0.29) is 12.2 Å². The molecule has 37 heavy (non-hydrogen) atoms. The van der Waals surface area contributed by atoms with Crippen LogP contribution in [0.5, 0.6) is 0 Å². The molecule has 0 aliphatic carbocycles. The van der Waals surface area contributed by atoms with Crippen LogP contribution in [0.3, 0.4) is 0 Å². The molecule has 3 aliphatic heterocycles. The van der Waals surface area contributed by atoms with Gasteiger partial charge in [-0.25, -0.2) is 9.37 Å². The van der Waals surface area contributed by atoms with E-state index >= 15 is 0 Å². The van der Waals surface area contributed by atoms with Crippen molar-refractivity contribution in [2.45, 2.75) is 82.1 Å². The molecule has 5 rings (SSSR count). The van der Waals surface area contributed by atoms with Gasteiger partial charge in [0.1, 0.15) is 17.7 Å². The van der Waals surface area contributed by atoms with Crippen molar-refractivity contribution in [1.29, 1.82) is 0 Å². The number of likely N-dealkylation sites (tertiary alicyclic amines) is 1. The van der Waals surface area contributed by atoms with E-state index in [1.165, 1.54) is 17.7 Å². The summed E-state index contributed by atoms with van der Waals surface area (Å²) in [5.41, 5.74) is 2.60. The van der Waals surface area contributed by atoms with Crippen LogP contribution in [-0.2, 0) is 20.7 Å². The minimum atomic E-state index is -0.959. The van der Waals surface area contributed by atoms with Crippen molar-refractivity contribution in [3.8, 4) is 0 Å². The van der Waals surface area contributed by atoms with E-state index in [0.717, 1.165) is 69.2 Å². The lowest BCUT2D eigenvalue weighted by Crippen LogP contribution is -2.34. The van der Waals surface area contributed by atoms with Gasteiger partial charge in [-0.3, -0.25) is 9.69 Å². The number of hydrogen-bond donors (Lipinski definition) is 2. The molecule has 2 saturated heterocycles.